The number of nitrogens with two attached hydrogens (primary N) is 1. The Labute approximate surface area is 183 Å². The number of fused-ring (bicyclic) bond motifs is 2. The summed E-state index contributed by atoms with van der Waals surface area (Å²) in [5, 5.41) is 13.0. The van der Waals surface area contributed by atoms with Gasteiger partial charge < -0.3 is 30.7 Å². The third-order valence-corrected chi connectivity index (χ3v) is 6.19. The number of aliphatic hydroxyl groups is 1. The average molecular weight is 450 g/mol. The predicted octanol–water partition coefficient (Wildman–Crippen LogP) is 2.11. The normalized spacial score (nSPS) is 27.8. The lowest BCUT2D eigenvalue weighted by atomic mass is 10.0. The van der Waals surface area contributed by atoms with E-state index in [4.69, 9.17) is 10.5 Å². The van der Waals surface area contributed by atoms with Crippen molar-refractivity contribution in [2.75, 3.05) is 41.4 Å². The molecule has 11 heteroatoms. The van der Waals surface area contributed by atoms with Crippen LogP contribution >= 0.6 is 0 Å². The highest BCUT2D eigenvalue weighted by atomic mass is 19.4. The molecule has 3 saturated heterocycles. The molecule has 2 aromatic rings. The highest BCUT2D eigenvalue weighted by Gasteiger charge is 2.39. The molecule has 0 aliphatic carbocycles. The summed E-state index contributed by atoms with van der Waals surface area (Å²) < 4.78 is 46.4. The van der Waals surface area contributed by atoms with Gasteiger partial charge in [-0.1, -0.05) is 0 Å². The number of nitrogens with one attached hydrogen (secondary N) is 1. The molecule has 4 atom stereocenters. The van der Waals surface area contributed by atoms with Gasteiger partial charge in [-0.05, 0) is 37.1 Å². The molecule has 2 bridgehead atoms. The smallest absolute Gasteiger partial charge is 0.391 e. The van der Waals surface area contributed by atoms with Gasteiger partial charge in [-0.15, -0.1) is 0 Å². The summed E-state index contributed by atoms with van der Waals surface area (Å²) in [7, 11) is 0. The molecule has 172 valence electrons. The summed E-state index contributed by atoms with van der Waals surface area (Å²) in [6.07, 6.45) is -3.00. The quantitative estimate of drug-likeness (QED) is 0.652. The zero-order valence-corrected chi connectivity index (χ0v) is 17.3. The first-order chi connectivity index (χ1) is 15.3. The van der Waals surface area contributed by atoms with Crippen LogP contribution in [-0.2, 0) is 10.9 Å². The van der Waals surface area contributed by atoms with E-state index in [-0.39, 0.29) is 31.0 Å². The van der Waals surface area contributed by atoms with E-state index in [1.165, 1.54) is 4.90 Å². The molecule has 1 aromatic carbocycles. The van der Waals surface area contributed by atoms with Gasteiger partial charge in [0.1, 0.15) is 11.4 Å². The summed E-state index contributed by atoms with van der Waals surface area (Å²) in [5.41, 5.74) is 6.70. The highest BCUT2D eigenvalue weighted by molar-refractivity contribution is 5.62. The average Bonchev–Trinajstić information content (AvgIpc) is 3.36. The largest absolute Gasteiger partial charge is 0.421 e. The van der Waals surface area contributed by atoms with Crippen LogP contribution in [0.15, 0.2) is 30.5 Å². The van der Waals surface area contributed by atoms with Crippen LogP contribution in [0.5, 0.6) is 0 Å². The molecular weight excluding hydrogens is 425 g/mol. The summed E-state index contributed by atoms with van der Waals surface area (Å²) in [5.74, 6) is -0.239. The van der Waals surface area contributed by atoms with E-state index in [1.807, 2.05) is 24.3 Å². The number of aromatic nitrogens is 2. The highest BCUT2D eigenvalue weighted by Crippen LogP contribution is 2.37. The minimum atomic E-state index is -4.62. The van der Waals surface area contributed by atoms with E-state index in [0.29, 0.717) is 18.2 Å². The van der Waals surface area contributed by atoms with Crippen molar-refractivity contribution < 1.29 is 23.0 Å². The number of benzene rings is 1. The Morgan fingerprint density at radius 1 is 1.12 bits per heavy atom. The summed E-state index contributed by atoms with van der Waals surface area (Å²) in [6, 6.07) is 7.59. The number of nitrogens with zero attached hydrogens (tertiary/aromatic N) is 4. The van der Waals surface area contributed by atoms with Crippen molar-refractivity contribution in [3.05, 3.63) is 36.0 Å². The lowest BCUT2D eigenvalue weighted by Gasteiger charge is -2.35. The standard InChI is InChI=1S/C21H25F3N6O2/c22-21(23,24)18-7-26-20(28-19(18)29-8-12(25)5-16(31)9-29)27-13-1-3-14(4-2-13)30-10-17-6-15(30)11-32-17/h1-4,7,12,15-17,31H,5-6,8-11,25H2,(H,26,27,28). The Kier molecular flexibility index (Phi) is 5.34. The Hall–Kier alpha value is -2.63. The fourth-order valence-electron chi connectivity index (χ4n) is 4.74. The third-order valence-electron chi connectivity index (χ3n) is 6.19. The van der Waals surface area contributed by atoms with E-state index in [0.717, 1.165) is 31.5 Å². The molecule has 4 N–H and O–H groups in total. The van der Waals surface area contributed by atoms with Crippen LogP contribution in [0.25, 0.3) is 0 Å². The van der Waals surface area contributed by atoms with E-state index in [2.05, 4.69) is 20.2 Å². The van der Waals surface area contributed by atoms with Gasteiger partial charge in [0.25, 0.3) is 0 Å². The zero-order valence-electron chi connectivity index (χ0n) is 17.3. The van der Waals surface area contributed by atoms with Gasteiger partial charge in [0.05, 0.1) is 24.9 Å². The SMILES string of the molecule is NC1CC(O)CN(c2nc(Nc3ccc(N4CC5CC4CO5)cc3)ncc2C(F)(F)F)C1. The Bertz CT molecular complexity index is 963. The fourth-order valence-corrected chi connectivity index (χ4v) is 4.74. The number of alkyl halides is 3. The number of β-amino-alcohol motifs (C(OH)–C–C–N with tert-alkyl or cyclic N) is 1. The number of ether oxygens (including phenoxy) is 1. The molecule has 8 nitrogen and oxygen atoms in total. The number of halogens is 3. The van der Waals surface area contributed by atoms with E-state index in [9.17, 15) is 18.3 Å². The maximum absolute atomic E-state index is 13.6. The van der Waals surface area contributed by atoms with Crippen molar-refractivity contribution >= 4 is 23.1 Å². The first kappa shape index (κ1) is 21.2. The van der Waals surface area contributed by atoms with Crippen molar-refractivity contribution in [1.29, 1.82) is 0 Å². The second kappa shape index (κ2) is 8.05. The van der Waals surface area contributed by atoms with Crippen molar-refractivity contribution in [3.63, 3.8) is 0 Å². The lowest BCUT2D eigenvalue weighted by molar-refractivity contribution is -0.137. The van der Waals surface area contributed by atoms with Crippen LogP contribution in [-0.4, -0.2) is 65.6 Å². The van der Waals surface area contributed by atoms with Crippen LogP contribution in [0.2, 0.25) is 0 Å². The second-order valence-corrected chi connectivity index (χ2v) is 8.65. The molecule has 0 amide bonds. The van der Waals surface area contributed by atoms with E-state index >= 15 is 0 Å². The number of morpholine rings is 1. The first-order valence-electron chi connectivity index (χ1n) is 10.6. The number of hydrogen-bond acceptors (Lipinski definition) is 8. The monoisotopic (exact) mass is 450 g/mol. The Morgan fingerprint density at radius 3 is 2.53 bits per heavy atom. The molecule has 3 aliphatic heterocycles. The molecule has 4 unspecified atom stereocenters. The molecule has 0 saturated carbocycles. The minimum absolute atomic E-state index is 0.0314. The molecule has 3 fully saturated rings. The Morgan fingerprint density at radius 2 is 1.91 bits per heavy atom. The zero-order chi connectivity index (χ0) is 22.5. The van der Waals surface area contributed by atoms with Gasteiger partial charge in [-0.3, -0.25) is 0 Å². The van der Waals surface area contributed by atoms with Crippen LogP contribution in [0.4, 0.5) is 36.3 Å². The van der Waals surface area contributed by atoms with Crippen LogP contribution in [0, 0.1) is 0 Å². The molecule has 3 aliphatic rings. The molecule has 32 heavy (non-hydrogen) atoms. The van der Waals surface area contributed by atoms with Gasteiger partial charge in [-0.2, -0.15) is 18.2 Å². The van der Waals surface area contributed by atoms with Crippen molar-refractivity contribution in [3.8, 4) is 0 Å². The van der Waals surface area contributed by atoms with Gasteiger partial charge >= 0.3 is 6.18 Å². The topological polar surface area (TPSA) is 99.8 Å². The molecule has 0 spiro atoms. The number of hydrogen-bond donors (Lipinski definition) is 3. The number of anilines is 4. The lowest BCUT2D eigenvalue weighted by Crippen LogP contribution is -2.50. The second-order valence-electron chi connectivity index (χ2n) is 8.65. The molecule has 4 heterocycles. The molecule has 1 aromatic heterocycles. The van der Waals surface area contributed by atoms with E-state index < -0.39 is 23.9 Å². The summed E-state index contributed by atoms with van der Waals surface area (Å²) in [4.78, 5) is 11.7. The molecule has 5 rings (SSSR count). The Balaban J connectivity index is 1.37. The van der Waals surface area contributed by atoms with Crippen molar-refractivity contribution in [2.45, 2.75) is 43.3 Å². The number of piperidine rings is 1. The van der Waals surface area contributed by atoms with Crippen molar-refractivity contribution in [1.82, 2.24) is 9.97 Å². The maximum Gasteiger partial charge on any atom is 0.421 e. The number of aliphatic hydroxyl groups excluding tert-OH is 1. The van der Waals surface area contributed by atoms with Gasteiger partial charge in [-0.25, -0.2) is 4.98 Å². The molecular formula is C21H25F3N6O2. The van der Waals surface area contributed by atoms with Gasteiger partial charge in [0.2, 0.25) is 5.95 Å². The minimum Gasteiger partial charge on any atom is -0.391 e. The third kappa shape index (κ3) is 4.19. The molecule has 0 radical (unpaired) electrons. The van der Waals surface area contributed by atoms with Crippen molar-refractivity contribution in [2.24, 2.45) is 5.73 Å². The van der Waals surface area contributed by atoms with Gasteiger partial charge in [0.15, 0.2) is 0 Å². The number of rotatable bonds is 4. The maximum atomic E-state index is 13.6. The summed E-state index contributed by atoms with van der Waals surface area (Å²) >= 11 is 0. The van der Waals surface area contributed by atoms with E-state index in [1.54, 1.807) is 0 Å². The van der Waals surface area contributed by atoms with Gasteiger partial charge in [0, 0.05) is 43.2 Å². The summed E-state index contributed by atoms with van der Waals surface area (Å²) in [6.45, 7) is 1.81. The fraction of sp³-hybridized carbons (Fsp3) is 0.524. The predicted molar refractivity (Wildman–Crippen MR) is 113 cm³/mol. The van der Waals surface area contributed by atoms with Crippen LogP contribution in [0.3, 0.4) is 0 Å². The van der Waals surface area contributed by atoms with Crippen LogP contribution in [0.1, 0.15) is 18.4 Å². The van der Waals surface area contributed by atoms with Crippen LogP contribution < -0.4 is 20.9 Å². The first-order valence-corrected chi connectivity index (χ1v) is 10.6.